The summed E-state index contributed by atoms with van der Waals surface area (Å²) < 4.78 is 33.0. The van der Waals surface area contributed by atoms with Crippen molar-refractivity contribution < 1.29 is 13.5 Å². The van der Waals surface area contributed by atoms with Crippen molar-refractivity contribution in [1.29, 1.82) is 0 Å². The highest BCUT2D eigenvalue weighted by Crippen LogP contribution is 2.33. The molecular weight excluding hydrogens is 444 g/mol. The normalized spacial score (nSPS) is 18.8. The monoisotopic (exact) mass is 471 g/mol. The van der Waals surface area contributed by atoms with Crippen LogP contribution in [0.1, 0.15) is 31.5 Å². The van der Waals surface area contributed by atoms with E-state index in [1.807, 2.05) is 0 Å². The van der Waals surface area contributed by atoms with Gasteiger partial charge in [0, 0.05) is 32.0 Å². The molecule has 4 aromatic rings. The number of H-pyrrole nitrogens is 1. The van der Waals surface area contributed by atoms with Crippen LogP contribution in [0.4, 0.5) is 20.5 Å². The van der Waals surface area contributed by atoms with Crippen LogP contribution in [-0.2, 0) is 11.3 Å². The third-order valence-corrected chi connectivity index (χ3v) is 6.36. The molecule has 0 saturated heterocycles. The zero-order valence-electron chi connectivity index (χ0n) is 19.3. The molecule has 0 aliphatic heterocycles. The third kappa shape index (κ3) is 4.13. The second-order valence-electron chi connectivity index (χ2n) is 8.49. The number of nitrogens with zero attached hydrogens (tertiary/aromatic N) is 6. The molecule has 4 heterocycles. The van der Waals surface area contributed by atoms with Crippen LogP contribution in [0.3, 0.4) is 0 Å². The number of nitrogens with one attached hydrogen (secondary N) is 3. The highest BCUT2D eigenvalue weighted by atomic mass is 19.3. The standard InChI is InChI=1S/C22H27F2N9O/c1-11-28-20-21(33(11)10-16(23)24)30-15(9-27-20)14-8-26-19-17(14)18(25-2)31-22(32-19)29-12-4-6-13(34-3)7-5-12/h8-9,12-13,16H,4-7,10H2,1-3H3,(H3,25,26,29,31,32). The Morgan fingerprint density at radius 2 is 1.97 bits per heavy atom. The molecule has 0 bridgehead atoms. The maximum atomic E-state index is 13.1. The number of halogens is 2. The predicted molar refractivity (Wildman–Crippen MR) is 125 cm³/mol. The first-order chi connectivity index (χ1) is 16.5. The number of fused-ring (bicyclic) bond motifs is 2. The predicted octanol–water partition coefficient (Wildman–Crippen LogP) is 3.75. The molecule has 0 radical (unpaired) electrons. The van der Waals surface area contributed by atoms with Crippen LogP contribution < -0.4 is 10.6 Å². The summed E-state index contributed by atoms with van der Waals surface area (Å²) in [5, 5.41) is 7.34. The zero-order valence-corrected chi connectivity index (χ0v) is 19.3. The first-order valence-corrected chi connectivity index (χ1v) is 11.3. The Kier molecular flexibility index (Phi) is 5.98. The van der Waals surface area contributed by atoms with Crippen LogP contribution >= 0.6 is 0 Å². The number of alkyl halides is 2. The van der Waals surface area contributed by atoms with Crippen LogP contribution in [0.25, 0.3) is 33.6 Å². The molecule has 0 atom stereocenters. The first-order valence-electron chi connectivity index (χ1n) is 11.3. The van der Waals surface area contributed by atoms with Crippen molar-refractivity contribution in [1.82, 2.24) is 34.5 Å². The summed E-state index contributed by atoms with van der Waals surface area (Å²) in [5.74, 6) is 1.62. The Hall–Kier alpha value is -3.41. The number of ether oxygens (including phenoxy) is 1. The Morgan fingerprint density at radius 3 is 2.68 bits per heavy atom. The van der Waals surface area contributed by atoms with E-state index in [0.29, 0.717) is 46.3 Å². The molecule has 0 aromatic carbocycles. The Balaban J connectivity index is 1.49. The van der Waals surface area contributed by atoms with E-state index in [1.54, 1.807) is 33.5 Å². The van der Waals surface area contributed by atoms with Gasteiger partial charge in [0.1, 0.15) is 17.3 Å². The molecule has 34 heavy (non-hydrogen) atoms. The molecule has 0 unspecified atom stereocenters. The van der Waals surface area contributed by atoms with Crippen LogP contribution in [0.5, 0.6) is 0 Å². The van der Waals surface area contributed by atoms with Crippen molar-refractivity contribution in [2.75, 3.05) is 24.8 Å². The van der Waals surface area contributed by atoms with E-state index < -0.39 is 13.0 Å². The lowest BCUT2D eigenvalue weighted by Crippen LogP contribution is -2.29. The van der Waals surface area contributed by atoms with Gasteiger partial charge < -0.3 is 24.9 Å². The largest absolute Gasteiger partial charge is 0.381 e. The van der Waals surface area contributed by atoms with Gasteiger partial charge in [-0.25, -0.2) is 23.7 Å². The number of aromatic amines is 1. The molecule has 4 aromatic heterocycles. The lowest BCUT2D eigenvalue weighted by atomic mass is 9.93. The van der Waals surface area contributed by atoms with Crippen LogP contribution in [-0.4, -0.2) is 67.2 Å². The van der Waals surface area contributed by atoms with Gasteiger partial charge in [-0.05, 0) is 32.6 Å². The second-order valence-corrected chi connectivity index (χ2v) is 8.49. The van der Waals surface area contributed by atoms with Gasteiger partial charge in [-0.3, -0.25) is 0 Å². The molecule has 3 N–H and O–H groups in total. The molecule has 0 spiro atoms. The van der Waals surface area contributed by atoms with E-state index in [4.69, 9.17) is 4.74 Å². The third-order valence-electron chi connectivity index (χ3n) is 6.36. The summed E-state index contributed by atoms with van der Waals surface area (Å²) in [7, 11) is 3.55. The van der Waals surface area contributed by atoms with Crippen LogP contribution in [0.15, 0.2) is 12.4 Å². The fourth-order valence-electron chi connectivity index (χ4n) is 4.59. The topological polar surface area (TPSA) is 118 Å². The number of hydrogen-bond acceptors (Lipinski definition) is 8. The first kappa shape index (κ1) is 22.4. The van der Waals surface area contributed by atoms with E-state index in [-0.39, 0.29) is 6.04 Å². The van der Waals surface area contributed by atoms with Gasteiger partial charge in [-0.15, -0.1) is 0 Å². The van der Waals surface area contributed by atoms with Gasteiger partial charge >= 0.3 is 0 Å². The van der Waals surface area contributed by atoms with Crippen molar-refractivity contribution in [2.24, 2.45) is 0 Å². The molecule has 12 heteroatoms. The molecule has 10 nitrogen and oxygen atoms in total. The lowest BCUT2D eigenvalue weighted by Gasteiger charge is -2.28. The number of anilines is 2. The summed E-state index contributed by atoms with van der Waals surface area (Å²) in [4.78, 5) is 25.8. The van der Waals surface area contributed by atoms with Gasteiger partial charge in [-0.1, -0.05) is 0 Å². The van der Waals surface area contributed by atoms with Crippen LogP contribution in [0.2, 0.25) is 0 Å². The number of aryl methyl sites for hydroxylation is 1. The fraction of sp³-hybridized carbons (Fsp3) is 0.500. The van der Waals surface area contributed by atoms with Crippen molar-refractivity contribution in [3.05, 3.63) is 18.2 Å². The average Bonchev–Trinajstić information content (AvgIpc) is 3.39. The molecule has 5 rings (SSSR count). The van der Waals surface area contributed by atoms with E-state index in [9.17, 15) is 8.78 Å². The van der Waals surface area contributed by atoms with Gasteiger partial charge in [0.15, 0.2) is 11.3 Å². The molecule has 0 amide bonds. The van der Waals surface area contributed by atoms with Gasteiger partial charge in [0.25, 0.3) is 6.43 Å². The van der Waals surface area contributed by atoms with E-state index in [1.165, 1.54) is 4.57 Å². The summed E-state index contributed by atoms with van der Waals surface area (Å²) in [6.45, 7) is 1.18. The Labute approximate surface area is 194 Å². The van der Waals surface area contributed by atoms with E-state index in [0.717, 1.165) is 36.6 Å². The fourth-order valence-corrected chi connectivity index (χ4v) is 4.59. The lowest BCUT2D eigenvalue weighted by molar-refractivity contribution is 0.0681. The minimum absolute atomic E-state index is 0.287. The zero-order chi connectivity index (χ0) is 23.8. The summed E-state index contributed by atoms with van der Waals surface area (Å²) in [6.07, 6.45) is 5.16. The molecular formula is C22H27F2N9O. The SMILES string of the molecule is CNc1nc(NC2CCC(OC)CC2)nc2[nH]cc(-c3cnc4nc(C)n(CC(F)F)c4n3)c12. The van der Waals surface area contributed by atoms with Gasteiger partial charge in [0.05, 0.1) is 29.9 Å². The summed E-state index contributed by atoms with van der Waals surface area (Å²) >= 11 is 0. The second kappa shape index (κ2) is 9.09. The minimum atomic E-state index is -2.52. The van der Waals surface area contributed by atoms with Crippen molar-refractivity contribution in [3.63, 3.8) is 0 Å². The number of methoxy groups -OCH3 is 1. The Morgan fingerprint density at radius 1 is 1.18 bits per heavy atom. The molecule has 1 saturated carbocycles. The maximum absolute atomic E-state index is 13.1. The van der Waals surface area contributed by atoms with Gasteiger partial charge in [0.2, 0.25) is 5.95 Å². The smallest absolute Gasteiger partial charge is 0.256 e. The molecule has 180 valence electrons. The van der Waals surface area contributed by atoms with E-state index in [2.05, 4.69) is 40.5 Å². The highest BCUT2D eigenvalue weighted by Gasteiger charge is 2.23. The molecule has 1 aliphatic rings. The quantitative estimate of drug-likeness (QED) is 0.373. The maximum Gasteiger partial charge on any atom is 0.256 e. The molecule has 1 aliphatic carbocycles. The van der Waals surface area contributed by atoms with Gasteiger partial charge in [-0.2, -0.15) is 9.97 Å². The Bertz CT molecular complexity index is 1310. The van der Waals surface area contributed by atoms with Crippen molar-refractivity contribution in [3.8, 4) is 11.3 Å². The minimum Gasteiger partial charge on any atom is -0.381 e. The summed E-state index contributed by atoms with van der Waals surface area (Å²) in [5.41, 5.74) is 2.54. The number of rotatable bonds is 7. The van der Waals surface area contributed by atoms with E-state index >= 15 is 0 Å². The number of imidazole rings is 1. The van der Waals surface area contributed by atoms with Crippen molar-refractivity contribution in [2.45, 2.75) is 57.7 Å². The number of aromatic nitrogens is 7. The summed E-state index contributed by atoms with van der Waals surface area (Å²) in [6, 6.07) is 0.287. The van der Waals surface area contributed by atoms with Crippen LogP contribution in [0, 0.1) is 6.92 Å². The molecule has 1 fully saturated rings. The highest BCUT2D eigenvalue weighted by molar-refractivity contribution is 6.01. The van der Waals surface area contributed by atoms with Crippen molar-refractivity contribution >= 4 is 34.1 Å². The average molecular weight is 472 g/mol. The number of hydrogen-bond donors (Lipinski definition) is 3.